The minimum Gasteiger partial charge on any atom is -0.379 e. The Bertz CT molecular complexity index is 582. The van der Waals surface area contributed by atoms with Crippen LogP contribution in [0.15, 0.2) is 0 Å². The van der Waals surface area contributed by atoms with Crippen LogP contribution in [0.25, 0.3) is 0 Å². The van der Waals surface area contributed by atoms with Crippen LogP contribution in [-0.2, 0) is 20.8 Å². The van der Waals surface area contributed by atoms with Crippen LogP contribution in [-0.4, -0.2) is 53.9 Å². The molecule has 2 heterocycles. The van der Waals surface area contributed by atoms with Gasteiger partial charge in [0.15, 0.2) is 5.78 Å². The Morgan fingerprint density at radius 3 is 2.78 bits per heavy atom. The van der Waals surface area contributed by atoms with E-state index in [-0.39, 0.29) is 23.8 Å². The highest BCUT2D eigenvalue weighted by Crippen LogP contribution is 2.14. The maximum Gasteiger partial charge on any atom is 0.222 e. The molecule has 1 saturated heterocycles. The van der Waals surface area contributed by atoms with Gasteiger partial charge in [0, 0.05) is 32.4 Å². The van der Waals surface area contributed by atoms with Gasteiger partial charge in [-0.05, 0) is 27.2 Å². The number of rotatable bonds is 6. The summed E-state index contributed by atoms with van der Waals surface area (Å²) in [7, 11) is 1.65. The van der Waals surface area contributed by atoms with Crippen molar-refractivity contribution in [3.05, 3.63) is 17.0 Å². The fourth-order valence-electron chi connectivity index (χ4n) is 3.05. The van der Waals surface area contributed by atoms with Gasteiger partial charge in [0.2, 0.25) is 5.91 Å². The van der Waals surface area contributed by atoms with E-state index in [0.29, 0.717) is 37.4 Å². The first-order valence-corrected chi connectivity index (χ1v) is 7.89. The second-order valence-corrected chi connectivity index (χ2v) is 5.89. The summed E-state index contributed by atoms with van der Waals surface area (Å²) >= 11 is 0. The van der Waals surface area contributed by atoms with E-state index in [9.17, 15) is 9.59 Å². The lowest BCUT2D eigenvalue weighted by atomic mass is 10.1. The highest BCUT2D eigenvalue weighted by molar-refractivity contribution is 5.96. The molecule has 1 aromatic heterocycles. The number of aryl methyl sites for hydroxylation is 2. The number of nitrogens with zero attached hydrogens (tertiary/aromatic N) is 2. The van der Waals surface area contributed by atoms with Gasteiger partial charge in [-0.3, -0.25) is 14.3 Å². The van der Waals surface area contributed by atoms with E-state index in [1.165, 1.54) is 6.92 Å². The van der Waals surface area contributed by atoms with Crippen molar-refractivity contribution in [3.63, 3.8) is 0 Å². The second-order valence-electron chi connectivity index (χ2n) is 5.89. The Morgan fingerprint density at radius 2 is 2.17 bits per heavy atom. The van der Waals surface area contributed by atoms with E-state index < -0.39 is 0 Å². The fourth-order valence-corrected chi connectivity index (χ4v) is 3.05. The quantitative estimate of drug-likeness (QED) is 0.790. The molecule has 2 rings (SSSR count). The fraction of sp³-hybridized carbons (Fsp3) is 0.688. The average molecular weight is 323 g/mol. The predicted octanol–water partition coefficient (Wildman–Crippen LogP) is 1.01. The molecule has 1 aliphatic heterocycles. The first-order valence-electron chi connectivity index (χ1n) is 7.89. The van der Waals surface area contributed by atoms with Gasteiger partial charge < -0.3 is 14.8 Å². The average Bonchev–Trinajstić information content (AvgIpc) is 2.80. The largest absolute Gasteiger partial charge is 0.379 e. The highest BCUT2D eigenvalue weighted by Gasteiger charge is 2.27. The van der Waals surface area contributed by atoms with E-state index in [2.05, 4.69) is 10.4 Å². The monoisotopic (exact) mass is 323 g/mol. The maximum absolute atomic E-state index is 12.2. The van der Waals surface area contributed by atoms with Crippen molar-refractivity contribution < 1.29 is 19.1 Å². The summed E-state index contributed by atoms with van der Waals surface area (Å²) in [5.41, 5.74) is 2.15. The van der Waals surface area contributed by atoms with Crippen molar-refractivity contribution in [1.82, 2.24) is 15.1 Å². The lowest BCUT2D eigenvalue weighted by molar-refractivity contribution is -0.125. The van der Waals surface area contributed by atoms with Crippen LogP contribution in [0.2, 0.25) is 0 Å². The van der Waals surface area contributed by atoms with Crippen LogP contribution in [0.3, 0.4) is 0 Å². The van der Waals surface area contributed by atoms with Gasteiger partial charge in [-0.15, -0.1) is 0 Å². The minimum absolute atomic E-state index is 0.00186. The normalized spacial score (nSPS) is 21.2. The molecule has 0 aromatic carbocycles. The first kappa shape index (κ1) is 17.6. The molecule has 1 aliphatic rings. The number of ketones is 1. The van der Waals surface area contributed by atoms with Gasteiger partial charge >= 0.3 is 0 Å². The highest BCUT2D eigenvalue weighted by atomic mass is 16.5. The third kappa shape index (κ3) is 4.17. The second kappa shape index (κ2) is 7.70. The number of carbonyl (C=O) groups excluding carboxylic acids is 2. The summed E-state index contributed by atoms with van der Waals surface area (Å²) in [5.74, 6) is -0.0718. The van der Waals surface area contributed by atoms with Crippen molar-refractivity contribution in [1.29, 1.82) is 0 Å². The van der Waals surface area contributed by atoms with Crippen molar-refractivity contribution >= 4 is 11.7 Å². The number of carbonyl (C=O) groups is 2. The van der Waals surface area contributed by atoms with E-state index in [0.717, 1.165) is 12.1 Å². The van der Waals surface area contributed by atoms with Crippen LogP contribution < -0.4 is 5.32 Å². The molecule has 0 aliphatic carbocycles. The van der Waals surface area contributed by atoms with Gasteiger partial charge in [-0.2, -0.15) is 5.10 Å². The molecule has 0 radical (unpaired) electrons. The number of nitrogens with one attached hydrogen (secondary N) is 1. The summed E-state index contributed by atoms with van der Waals surface area (Å²) in [5, 5.41) is 7.30. The number of hydrogen-bond donors (Lipinski definition) is 1. The van der Waals surface area contributed by atoms with Crippen molar-refractivity contribution in [2.24, 2.45) is 0 Å². The van der Waals surface area contributed by atoms with Gasteiger partial charge in [0.25, 0.3) is 0 Å². The SMILES string of the molecule is CO[C@@H]1CCOC[C@H]1NC(=O)CCn1nc(C)c(C(C)=O)c1C. The van der Waals surface area contributed by atoms with Crippen molar-refractivity contribution in [2.45, 2.75) is 52.3 Å². The molecule has 7 nitrogen and oxygen atoms in total. The molecule has 0 spiro atoms. The molecule has 128 valence electrons. The van der Waals surface area contributed by atoms with Crippen LogP contribution in [0.1, 0.15) is 41.5 Å². The summed E-state index contributed by atoms with van der Waals surface area (Å²) in [6.07, 6.45) is 1.07. The van der Waals surface area contributed by atoms with Gasteiger partial charge in [-0.25, -0.2) is 0 Å². The van der Waals surface area contributed by atoms with Crippen LogP contribution in [0, 0.1) is 13.8 Å². The van der Waals surface area contributed by atoms with Crippen LogP contribution in [0.4, 0.5) is 0 Å². The van der Waals surface area contributed by atoms with Gasteiger partial charge in [-0.1, -0.05) is 0 Å². The number of amides is 1. The zero-order valence-electron chi connectivity index (χ0n) is 14.2. The zero-order valence-corrected chi connectivity index (χ0v) is 14.2. The third-order valence-electron chi connectivity index (χ3n) is 4.23. The van der Waals surface area contributed by atoms with Gasteiger partial charge in [0.1, 0.15) is 0 Å². The smallest absolute Gasteiger partial charge is 0.222 e. The molecule has 0 unspecified atom stereocenters. The van der Waals surface area contributed by atoms with Gasteiger partial charge in [0.05, 0.1) is 30.0 Å². The summed E-state index contributed by atoms with van der Waals surface area (Å²) in [6.45, 7) is 6.76. The van der Waals surface area contributed by atoms with Crippen LogP contribution in [0.5, 0.6) is 0 Å². The Kier molecular flexibility index (Phi) is 5.90. The molecule has 0 bridgehead atoms. The molecule has 0 saturated carbocycles. The number of hydrogen-bond acceptors (Lipinski definition) is 5. The molecule has 1 amide bonds. The molecule has 1 fully saturated rings. The lowest BCUT2D eigenvalue weighted by Gasteiger charge is -2.31. The van der Waals surface area contributed by atoms with E-state index in [4.69, 9.17) is 9.47 Å². The number of Topliss-reactive ketones (excluding diaryl/α,β-unsaturated/α-hetero) is 1. The molecule has 1 N–H and O–H groups in total. The zero-order chi connectivity index (χ0) is 17.0. The minimum atomic E-state index is -0.116. The Morgan fingerprint density at radius 1 is 1.43 bits per heavy atom. The Labute approximate surface area is 136 Å². The molecule has 1 aromatic rings. The number of ether oxygens (including phenoxy) is 2. The lowest BCUT2D eigenvalue weighted by Crippen LogP contribution is -2.50. The summed E-state index contributed by atoms with van der Waals surface area (Å²) in [4.78, 5) is 23.8. The van der Waals surface area contributed by atoms with Crippen LogP contribution >= 0.6 is 0 Å². The standard InChI is InChI=1S/C16H25N3O4/c1-10-16(12(3)20)11(2)19(18-10)7-5-15(21)17-13-9-23-8-6-14(13)22-4/h13-14H,5-9H2,1-4H3,(H,17,21)/t13-,14-/m1/s1. The Balaban J connectivity index is 1.92. The molecule has 2 atom stereocenters. The van der Waals surface area contributed by atoms with Crippen molar-refractivity contribution in [3.8, 4) is 0 Å². The number of aromatic nitrogens is 2. The van der Waals surface area contributed by atoms with E-state index in [1.54, 1.807) is 11.8 Å². The predicted molar refractivity (Wildman–Crippen MR) is 84.5 cm³/mol. The summed E-state index contributed by atoms with van der Waals surface area (Å²) < 4.78 is 12.5. The van der Waals surface area contributed by atoms with E-state index in [1.807, 2.05) is 13.8 Å². The van der Waals surface area contributed by atoms with Crippen molar-refractivity contribution in [2.75, 3.05) is 20.3 Å². The maximum atomic E-state index is 12.2. The molecular weight excluding hydrogens is 298 g/mol. The topological polar surface area (TPSA) is 82.4 Å². The van der Waals surface area contributed by atoms with E-state index >= 15 is 0 Å². The molecule has 23 heavy (non-hydrogen) atoms. The third-order valence-corrected chi connectivity index (χ3v) is 4.23. The Hall–Kier alpha value is -1.73. The molecule has 7 heteroatoms. The summed E-state index contributed by atoms with van der Waals surface area (Å²) in [6, 6.07) is -0.116. The molecular formula is C16H25N3O4. The number of methoxy groups -OCH3 is 1. The first-order chi connectivity index (χ1) is 10.9.